The Morgan fingerprint density at radius 1 is 1.41 bits per heavy atom. The van der Waals surface area contributed by atoms with E-state index in [2.05, 4.69) is 21.0 Å². The van der Waals surface area contributed by atoms with E-state index in [4.69, 9.17) is 10.5 Å². The van der Waals surface area contributed by atoms with Gasteiger partial charge in [0.15, 0.2) is 0 Å². The highest BCUT2D eigenvalue weighted by atomic mass is 79.9. The minimum Gasteiger partial charge on any atom is -0.490 e. The predicted molar refractivity (Wildman–Crippen MR) is 66.2 cm³/mol. The van der Waals surface area contributed by atoms with Crippen LogP contribution in [-0.2, 0) is 6.54 Å². The zero-order valence-corrected chi connectivity index (χ0v) is 10.5. The normalized spacial score (nSPS) is 10.5. The number of nitrogens with two attached hydrogens (primary N) is 1. The summed E-state index contributed by atoms with van der Waals surface area (Å²) in [5.41, 5.74) is 5.48. The summed E-state index contributed by atoms with van der Waals surface area (Å²) in [7, 11) is 0. The van der Waals surface area contributed by atoms with E-state index in [1.807, 2.05) is 0 Å². The Morgan fingerprint density at radius 2 is 2.24 bits per heavy atom. The van der Waals surface area contributed by atoms with Crippen molar-refractivity contribution < 1.29 is 9.13 Å². The van der Waals surface area contributed by atoms with Gasteiger partial charge in [-0.3, -0.25) is 4.68 Å². The average molecular weight is 300 g/mol. The molecule has 0 bridgehead atoms. The molecule has 0 unspecified atom stereocenters. The molecule has 0 saturated carbocycles. The first-order valence-corrected chi connectivity index (χ1v) is 5.81. The third kappa shape index (κ3) is 3.20. The monoisotopic (exact) mass is 299 g/mol. The van der Waals surface area contributed by atoms with Gasteiger partial charge in [-0.05, 0) is 40.2 Å². The molecule has 0 radical (unpaired) electrons. The molecule has 4 nitrogen and oxygen atoms in total. The van der Waals surface area contributed by atoms with Crippen LogP contribution in [0.2, 0.25) is 0 Å². The molecular formula is C11H11BrFN3O. The lowest BCUT2D eigenvalue weighted by atomic mass is 10.3. The zero-order chi connectivity index (χ0) is 12.3. The molecule has 0 aliphatic carbocycles. The van der Waals surface area contributed by atoms with Gasteiger partial charge in [0.2, 0.25) is 0 Å². The number of hydrogen-bond acceptors (Lipinski definition) is 3. The molecule has 0 saturated heterocycles. The predicted octanol–water partition coefficient (Wildman–Crippen LogP) is 2.45. The molecule has 0 fully saturated rings. The maximum Gasteiger partial charge on any atom is 0.145 e. The highest BCUT2D eigenvalue weighted by Gasteiger charge is 2.02. The second-order valence-corrected chi connectivity index (χ2v) is 4.28. The maximum absolute atomic E-state index is 12.8. The molecule has 0 atom stereocenters. The van der Waals surface area contributed by atoms with Crippen molar-refractivity contribution in [3.63, 3.8) is 0 Å². The van der Waals surface area contributed by atoms with Crippen LogP contribution in [0.15, 0.2) is 34.9 Å². The molecule has 6 heteroatoms. The molecule has 90 valence electrons. The Hall–Kier alpha value is -1.56. The van der Waals surface area contributed by atoms with E-state index in [1.54, 1.807) is 23.0 Å². The van der Waals surface area contributed by atoms with E-state index < -0.39 is 0 Å². The van der Waals surface area contributed by atoms with Crippen LogP contribution in [-0.4, -0.2) is 16.4 Å². The number of halogens is 2. The number of aromatic nitrogens is 2. The molecule has 0 spiro atoms. The van der Waals surface area contributed by atoms with E-state index in [1.165, 1.54) is 12.1 Å². The Labute approximate surface area is 106 Å². The topological polar surface area (TPSA) is 53.1 Å². The van der Waals surface area contributed by atoms with Crippen LogP contribution in [0.4, 0.5) is 10.2 Å². The van der Waals surface area contributed by atoms with Gasteiger partial charge in [-0.1, -0.05) is 0 Å². The number of rotatable bonds is 4. The number of nitrogen functional groups attached to an aromatic ring is 1. The molecule has 1 aromatic heterocycles. The number of ether oxygens (including phenoxy) is 1. The van der Waals surface area contributed by atoms with Crippen molar-refractivity contribution in [2.24, 2.45) is 0 Å². The molecule has 1 aromatic carbocycles. The minimum absolute atomic E-state index is 0.302. The molecule has 0 aliphatic heterocycles. The Kier molecular flexibility index (Phi) is 3.63. The third-order valence-corrected chi connectivity index (χ3v) is 2.75. The summed E-state index contributed by atoms with van der Waals surface area (Å²) in [4.78, 5) is 0. The van der Waals surface area contributed by atoms with Crippen LogP contribution in [0.1, 0.15) is 0 Å². The summed E-state index contributed by atoms with van der Waals surface area (Å²) in [6.07, 6.45) is 1.78. The van der Waals surface area contributed by atoms with Crippen molar-refractivity contribution >= 4 is 21.7 Å². The summed E-state index contributed by atoms with van der Waals surface area (Å²) in [5.74, 6) is 0.781. The lowest BCUT2D eigenvalue weighted by Crippen LogP contribution is -2.09. The zero-order valence-electron chi connectivity index (χ0n) is 8.94. The first-order chi connectivity index (χ1) is 8.15. The summed E-state index contributed by atoms with van der Waals surface area (Å²) in [6.45, 7) is 1.02. The minimum atomic E-state index is -0.302. The Bertz CT molecular complexity index is 515. The molecule has 2 aromatic rings. The summed E-state index contributed by atoms with van der Waals surface area (Å²) < 4.78 is 20.6. The van der Waals surface area contributed by atoms with Crippen molar-refractivity contribution in [2.75, 3.05) is 12.3 Å². The molecule has 1 heterocycles. The fraction of sp³-hybridized carbons (Fsp3) is 0.182. The van der Waals surface area contributed by atoms with Gasteiger partial charge in [0.05, 0.1) is 11.0 Å². The van der Waals surface area contributed by atoms with E-state index in [0.717, 1.165) is 0 Å². The van der Waals surface area contributed by atoms with Crippen molar-refractivity contribution in [3.05, 3.63) is 40.8 Å². The molecule has 0 aliphatic rings. The second-order valence-electron chi connectivity index (χ2n) is 3.43. The average Bonchev–Trinajstić information content (AvgIpc) is 2.68. The van der Waals surface area contributed by atoms with E-state index in [0.29, 0.717) is 29.2 Å². The lowest BCUT2D eigenvalue weighted by molar-refractivity contribution is 0.289. The molecular weight excluding hydrogens is 289 g/mol. The molecule has 0 amide bonds. The quantitative estimate of drug-likeness (QED) is 0.943. The number of benzene rings is 1. The number of hydrogen-bond donors (Lipinski definition) is 1. The van der Waals surface area contributed by atoms with E-state index in [-0.39, 0.29) is 5.82 Å². The van der Waals surface area contributed by atoms with Gasteiger partial charge < -0.3 is 10.5 Å². The third-order valence-electron chi connectivity index (χ3n) is 2.13. The van der Waals surface area contributed by atoms with Crippen molar-refractivity contribution in [3.8, 4) is 5.75 Å². The van der Waals surface area contributed by atoms with Crippen molar-refractivity contribution in [1.29, 1.82) is 0 Å². The smallest absolute Gasteiger partial charge is 0.145 e. The highest BCUT2D eigenvalue weighted by molar-refractivity contribution is 9.10. The van der Waals surface area contributed by atoms with Crippen LogP contribution in [0.5, 0.6) is 5.75 Å². The SMILES string of the molecule is Nc1ccn(CCOc2ccc(F)cc2Br)n1. The summed E-state index contributed by atoms with van der Waals surface area (Å²) >= 11 is 3.23. The standard InChI is InChI=1S/C11H11BrFN3O/c12-9-7-8(13)1-2-10(9)17-6-5-16-4-3-11(14)15-16/h1-4,7H,5-6H2,(H2,14,15). The van der Waals surface area contributed by atoms with Crippen LogP contribution >= 0.6 is 15.9 Å². The summed E-state index contributed by atoms with van der Waals surface area (Å²) in [6, 6.07) is 6.01. The van der Waals surface area contributed by atoms with Crippen molar-refractivity contribution in [2.45, 2.75) is 6.54 Å². The van der Waals surface area contributed by atoms with Gasteiger partial charge in [0.1, 0.15) is 24.0 Å². The molecule has 2 rings (SSSR count). The van der Waals surface area contributed by atoms with Crippen LogP contribution in [0.3, 0.4) is 0 Å². The fourth-order valence-electron chi connectivity index (χ4n) is 1.34. The van der Waals surface area contributed by atoms with Gasteiger partial charge in [-0.15, -0.1) is 0 Å². The summed E-state index contributed by atoms with van der Waals surface area (Å²) in [5, 5.41) is 4.02. The highest BCUT2D eigenvalue weighted by Crippen LogP contribution is 2.25. The number of anilines is 1. The molecule has 2 N–H and O–H groups in total. The lowest BCUT2D eigenvalue weighted by Gasteiger charge is -2.08. The van der Waals surface area contributed by atoms with E-state index >= 15 is 0 Å². The van der Waals surface area contributed by atoms with Gasteiger partial charge in [0.25, 0.3) is 0 Å². The van der Waals surface area contributed by atoms with Crippen LogP contribution < -0.4 is 10.5 Å². The molecule has 17 heavy (non-hydrogen) atoms. The largest absolute Gasteiger partial charge is 0.490 e. The Balaban J connectivity index is 1.90. The Morgan fingerprint density at radius 3 is 2.88 bits per heavy atom. The van der Waals surface area contributed by atoms with E-state index in [9.17, 15) is 4.39 Å². The first kappa shape index (κ1) is 11.9. The van der Waals surface area contributed by atoms with Gasteiger partial charge in [0, 0.05) is 6.20 Å². The van der Waals surface area contributed by atoms with Crippen molar-refractivity contribution in [1.82, 2.24) is 9.78 Å². The van der Waals surface area contributed by atoms with Crippen LogP contribution in [0, 0.1) is 5.82 Å². The second kappa shape index (κ2) is 5.18. The fourth-order valence-corrected chi connectivity index (χ4v) is 1.81. The maximum atomic E-state index is 12.8. The van der Waals surface area contributed by atoms with Gasteiger partial charge >= 0.3 is 0 Å². The van der Waals surface area contributed by atoms with Gasteiger partial charge in [-0.2, -0.15) is 5.10 Å². The van der Waals surface area contributed by atoms with Gasteiger partial charge in [-0.25, -0.2) is 4.39 Å². The first-order valence-electron chi connectivity index (χ1n) is 5.02. The van der Waals surface area contributed by atoms with Crippen LogP contribution in [0.25, 0.3) is 0 Å². The number of nitrogens with zero attached hydrogens (tertiary/aromatic N) is 2.